The first-order chi connectivity index (χ1) is 37.6. The highest BCUT2D eigenvalue weighted by molar-refractivity contribution is 5.86. The van der Waals surface area contributed by atoms with Gasteiger partial charge in [-0.2, -0.15) is 0 Å². The van der Waals surface area contributed by atoms with Crippen molar-refractivity contribution >= 4 is 29.8 Å². The van der Waals surface area contributed by atoms with E-state index in [-0.39, 0.29) is 105 Å². The third-order valence-corrected chi connectivity index (χ3v) is 17.5. The van der Waals surface area contributed by atoms with E-state index in [0.717, 1.165) is 64.2 Å². The van der Waals surface area contributed by atoms with Crippen molar-refractivity contribution in [2.45, 2.75) is 281 Å². The van der Waals surface area contributed by atoms with E-state index in [9.17, 15) is 24.0 Å². The number of ether oxygens (including phenoxy) is 5. The Labute approximate surface area is 481 Å². The van der Waals surface area contributed by atoms with Crippen molar-refractivity contribution in [3.05, 3.63) is 42.0 Å². The van der Waals surface area contributed by atoms with Crippen LogP contribution in [-0.4, -0.2) is 119 Å². The SMILES string of the molecule is CC1(C)CC(OC(=O)C2CCC(C#Cc3cnc(C(=O)OC4CC(C)(C)NC(C)(CCC5(C)CC(OC(=O)c6ncc(OC(=O)C7CCC(C(=O)OC8CC(C)(C)NC(C)(C)C8)CC7)cn6)CC(C)(C)N5)C4)nc3)CC2)CC(C)(C)N1. The standard InChI is InChI=1S/C63H94N8O10/c1-56(2)27-44(28-57(3,4)68-56)77-51(72)41-19-17-39(18-20-41)15-16-40-35-64-49(65-36-40)54(75)79-46-31-60(9,10)70-62(13,33-46)25-26-63(14)34-47(32-61(11,12)71-63)80-55(76)50-66-37-48(38-67-50)81-53(74)43-23-21-42(22-24-43)52(73)78-45-29-58(5,6)69-59(7,8)30-45/h35-39,41-47,68-71H,17-34H2,1-14H3. The monoisotopic (exact) mass is 1120 g/mol. The Bertz CT molecular complexity index is 2630. The smallest absolute Gasteiger partial charge is 0.376 e. The number of aromatic nitrogens is 4. The molecule has 0 radical (unpaired) electrons. The fourth-order valence-electron chi connectivity index (χ4n) is 15.1. The number of esters is 5. The molecule has 4 N–H and O–H groups in total. The molecule has 0 aromatic carbocycles. The number of carbonyl (C=O) groups is 5. The van der Waals surface area contributed by atoms with Crippen LogP contribution in [0.4, 0.5) is 0 Å². The Morgan fingerprint density at radius 2 is 0.753 bits per heavy atom. The summed E-state index contributed by atoms with van der Waals surface area (Å²) in [5.41, 5.74) is -1.37. The van der Waals surface area contributed by atoms with Crippen molar-refractivity contribution in [2.75, 3.05) is 0 Å². The van der Waals surface area contributed by atoms with Crippen LogP contribution in [0, 0.1) is 35.5 Å². The average Bonchev–Trinajstić information content (AvgIpc) is 3.44. The highest BCUT2D eigenvalue weighted by Gasteiger charge is 2.48. The molecule has 81 heavy (non-hydrogen) atoms. The van der Waals surface area contributed by atoms with Gasteiger partial charge in [-0.15, -0.1) is 0 Å². The normalized spacial score (nSPS) is 31.4. The highest BCUT2D eigenvalue weighted by Crippen LogP contribution is 2.41. The predicted octanol–water partition coefficient (Wildman–Crippen LogP) is 9.21. The van der Waals surface area contributed by atoms with Crippen molar-refractivity contribution < 1.29 is 47.7 Å². The van der Waals surface area contributed by atoms with Crippen LogP contribution >= 0.6 is 0 Å². The summed E-state index contributed by atoms with van der Waals surface area (Å²) in [7, 11) is 0. The van der Waals surface area contributed by atoms with Gasteiger partial charge in [0.15, 0.2) is 5.75 Å². The van der Waals surface area contributed by atoms with E-state index < -0.39 is 35.1 Å². The Hall–Kier alpha value is -5.09. The van der Waals surface area contributed by atoms with Crippen LogP contribution in [0.3, 0.4) is 0 Å². The van der Waals surface area contributed by atoms with Crippen molar-refractivity contribution in [2.24, 2.45) is 23.7 Å². The maximum Gasteiger partial charge on any atom is 0.376 e. The molecule has 4 atom stereocenters. The first-order valence-corrected chi connectivity index (χ1v) is 30.0. The minimum absolute atomic E-state index is 0.0170. The van der Waals surface area contributed by atoms with E-state index in [4.69, 9.17) is 23.7 Å². The lowest BCUT2D eigenvalue weighted by atomic mass is 9.72. The summed E-state index contributed by atoms with van der Waals surface area (Å²) in [5.74, 6) is 4.02. The van der Waals surface area contributed by atoms with Gasteiger partial charge < -0.3 is 45.0 Å². The third-order valence-electron chi connectivity index (χ3n) is 17.5. The molecule has 446 valence electrons. The molecule has 6 heterocycles. The summed E-state index contributed by atoms with van der Waals surface area (Å²) in [5, 5.41) is 15.0. The molecular weight excluding hydrogens is 1030 g/mol. The van der Waals surface area contributed by atoms with Gasteiger partial charge in [0.25, 0.3) is 0 Å². The number of nitrogens with zero attached hydrogens (tertiary/aromatic N) is 4. The maximum absolute atomic E-state index is 13.6. The molecule has 2 saturated carbocycles. The van der Waals surface area contributed by atoms with Gasteiger partial charge in [-0.05, 0) is 161 Å². The summed E-state index contributed by atoms with van der Waals surface area (Å²) >= 11 is 0. The Balaban J connectivity index is 0.769. The van der Waals surface area contributed by atoms with Gasteiger partial charge in [0, 0.05) is 114 Å². The number of rotatable bonds is 13. The summed E-state index contributed by atoms with van der Waals surface area (Å²) in [6.07, 6.45) is 16.8. The number of piperidine rings is 4. The molecule has 2 aromatic rings. The van der Waals surface area contributed by atoms with Gasteiger partial charge in [0.05, 0.1) is 35.7 Å². The molecule has 4 saturated heterocycles. The Kier molecular flexibility index (Phi) is 18.3. The molecule has 2 aliphatic carbocycles. The number of nitrogens with one attached hydrogen (secondary N) is 4. The quantitative estimate of drug-likeness (QED) is 0.0832. The van der Waals surface area contributed by atoms with Crippen LogP contribution < -0.4 is 26.0 Å². The maximum atomic E-state index is 13.6. The van der Waals surface area contributed by atoms with E-state index in [1.807, 2.05) is 0 Å². The van der Waals surface area contributed by atoms with Crippen LogP contribution in [0.2, 0.25) is 0 Å². The van der Waals surface area contributed by atoms with Crippen LogP contribution in [-0.2, 0) is 33.3 Å². The Morgan fingerprint density at radius 1 is 0.432 bits per heavy atom. The van der Waals surface area contributed by atoms with Crippen LogP contribution in [0.15, 0.2) is 24.8 Å². The van der Waals surface area contributed by atoms with Gasteiger partial charge >= 0.3 is 29.8 Å². The molecular formula is C63H94N8O10. The summed E-state index contributed by atoms with van der Waals surface area (Å²) in [4.78, 5) is 83.8. The molecule has 0 bridgehead atoms. The third kappa shape index (κ3) is 17.5. The number of hydrogen-bond acceptors (Lipinski definition) is 18. The van der Waals surface area contributed by atoms with Gasteiger partial charge in [0.1, 0.15) is 24.4 Å². The summed E-state index contributed by atoms with van der Waals surface area (Å²) < 4.78 is 30.0. The fourth-order valence-corrected chi connectivity index (χ4v) is 15.1. The van der Waals surface area contributed by atoms with Crippen LogP contribution in [0.25, 0.3) is 0 Å². The lowest BCUT2D eigenvalue weighted by Gasteiger charge is -2.51. The van der Waals surface area contributed by atoms with Crippen LogP contribution in [0.1, 0.15) is 239 Å². The van der Waals surface area contributed by atoms with E-state index in [1.165, 1.54) is 12.4 Å². The fraction of sp³-hybridized carbons (Fsp3) is 0.762. The highest BCUT2D eigenvalue weighted by atomic mass is 16.6. The number of carbonyl (C=O) groups excluding carboxylic acids is 5. The van der Waals surface area contributed by atoms with Gasteiger partial charge in [-0.1, -0.05) is 11.8 Å². The van der Waals surface area contributed by atoms with Gasteiger partial charge in [-0.3, -0.25) is 14.4 Å². The molecule has 2 aromatic heterocycles. The molecule has 4 aliphatic heterocycles. The number of hydrogen-bond donors (Lipinski definition) is 4. The van der Waals surface area contributed by atoms with E-state index in [0.29, 0.717) is 56.9 Å². The Morgan fingerprint density at radius 3 is 1.14 bits per heavy atom. The molecule has 6 fully saturated rings. The minimum atomic E-state index is -0.658. The summed E-state index contributed by atoms with van der Waals surface area (Å²) in [6, 6.07) is 0. The zero-order chi connectivity index (χ0) is 59.0. The minimum Gasteiger partial charge on any atom is -0.462 e. The molecule has 18 heteroatoms. The first-order valence-electron chi connectivity index (χ1n) is 30.0. The molecule has 6 aliphatic rings. The second-order valence-corrected chi connectivity index (χ2v) is 29.6. The second kappa shape index (κ2) is 23.9. The van der Waals surface area contributed by atoms with Gasteiger partial charge in [0.2, 0.25) is 11.6 Å². The van der Waals surface area contributed by atoms with E-state index in [1.54, 1.807) is 12.4 Å². The zero-order valence-electron chi connectivity index (χ0n) is 51.0. The van der Waals surface area contributed by atoms with Crippen molar-refractivity contribution in [3.63, 3.8) is 0 Å². The lowest BCUT2D eigenvalue weighted by molar-refractivity contribution is -0.161. The molecule has 0 amide bonds. The van der Waals surface area contributed by atoms with Crippen molar-refractivity contribution in [1.82, 2.24) is 41.2 Å². The lowest BCUT2D eigenvalue weighted by Crippen LogP contribution is -2.64. The first kappa shape index (κ1) is 62.0. The second-order valence-electron chi connectivity index (χ2n) is 29.6. The largest absolute Gasteiger partial charge is 0.462 e. The van der Waals surface area contributed by atoms with E-state index >= 15 is 0 Å². The predicted molar refractivity (Wildman–Crippen MR) is 306 cm³/mol. The molecule has 18 nitrogen and oxygen atoms in total. The molecule has 0 spiro atoms. The van der Waals surface area contributed by atoms with E-state index in [2.05, 4.69) is 150 Å². The van der Waals surface area contributed by atoms with Crippen molar-refractivity contribution in [3.8, 4) is 17.6 Å². The molecule has 8 rings (SSSR count). The van der Waals surface area contributed by atoms with Gasteiger partial charge in [-0.25, -0.2) is 29.5 Å². The average molecular weight is 1120 g/mol. The summed E-state index contributed by atoms with van der Waals surface area (Å²) in [6.45, 7) is 29.9. The zero-order valence-corrected chi connectivity index (χ0v) is 51.0. The molecule has 4 unspecified atom stereocenters. The topological polar surface area (TPSA) is 231 Å². The van der Waals surface area contributed by atoms with Crippen LogP contribution in [0.5, 0.6) is 5.75 Å². The van der Waals surface area contributed by atoms with Crippen molar-refractivity contribution in [1.29, 1.82) is 0 Å².